The molecule has 1 unspecified atom stereocenters. The molecule has 17 heavy (non-hydrogen) atoms. The van der Waals surface area contributed by atoms with E-state index in [2.05, 4.69) is 13.8 Å². The molecule has 4 heteroatoms. The molecule has 0 rings (SSSR count). The first-order valence-corrected chi connectivity index (χ1v) is 6.06. The highest BCUT2D eigenvalue weighted by molar-refractivity contribution is 5.68. The van der Waals surface area contributed by atoms with Crippen molar-refractivity contribution in [2.24, 2.45) is 5.92 Å². The van der Waals surface area contributed by atoms with Gasteiger partial charge in [-0.3, -0.25) is 0 Å². The topological polar surface area (TPSA) is 46.6 Å². The van der Waals surface area contributed by atoms with Crippen LogP contribution in [0.1, 0.15) is 47.5 Å². The van der Waals surface area contributed by atoms with E-state index >= 15 is 0 Å². The lowest BCUT2D eigenvalue weighted by molar-refractivity contribution is -0.108. The summed E-state index contributed by atoms with van der Waals surface area (Å²) in [7, 11) is 1.69. The van der Waals surface area contributed by atoms with Crippen molar-refractivity contribution >= 4 is 12.4 Å². The summed E-state index contributed by atoms with van der Waals surface area (Å²) >= 11 is 0. The van der Waals surface area contributed by atoms with Crippen molar-refractivity contribution in [1.29, 1.82) is 0 Å². The monoisotopic (exact) mass is 243 g/mol. The maximum absolute atomic E-state index is 11.8. The Morgan fingerprint density at radius 3 is 2.24 bits per heavy atom. The van der Waals surface area contributed by atoms with Crippen LogP contribution >= 0.6 is 0 Å². The Balaban J connectivity index is 4.53. The van der Waals surface area contributed by atoms with Gasteiger partial charge in [0.2, 0.25) is 0 Å². The minimum atomic E-state index is -0.505. The molecule has 0 aromatic carbocycles. The molecule has 0 bridgehead atoms. The second kappa shape index (κ2) is 6.62. The molecule has 1 amide bonds. The zero-order valence-corrected chi connectivity index (χ0v) is 11.8. The number of rotatable bonds is 5. The zero-order valence-electron chi connectivity index (χ0n) is 11.8. The quantitative estimate of drug-likeness (QED) is 0.697. The average molecular weight is 243 g/mol. The van der Waals surface area contributed by atoms with E-state index in [9.17, 15) is 9.59 Å². The molecule has 0 radical (unpaired) electrons. The Hall–Kier alpha value is -1.06. The van der Waals surface area contributed by atoms with E-state index in [0.29, 0.717) is 12.3 Å². The molecule has 0 aromatic rings. The van der Waals surface area contributed by atoms with Crippen LogP contribution in [0.15, 0.2) is 0 Å². The van der Waals surface area contributed by atoms with Gasteiger partial charge in [-0.2, -0.15) is 0 Å². The Morgan fingerprint density at radius 1 is 1.35 bits per heavy atom. The number of amides is 1. The molecule has 0 spiro atoms. The smallest absolute Gasteiger partial charge is 0.410 e. The Kier molecular flexibility index (Phi) is 6.21. The number of aldehydes is 1. The van der Waals surface area contributed by atoms with Gasteiger partial charge in [0.25, 0.3) is 0 Å². The van der Waals surface area contributed by atoms with E-state index in [4.69, 9.17) is 4.74 Å². The van der Waals surface area contributed by atoms with Crippen molar-refractivity contribution in [3.8, 4) is 0 Å². The van der Waals surface area contributed by atoms with E-state index in [-0.39, 0.29) is 12.1 Å². The molecule has 0 saturated heterocycles. The predicted molar refractivity (Wildman–Crippen MR) is 67.9 cm³/mol. The fraction of sp³-hybridized carbons (Fsp3) is 0.846. The van der Waals surface area contributed by atoms with E-state index in [1.54, 1.807) is 7.05 Å². The first-order valence-electron chi connectivity index (χ1n) is 6.06. The minimum Gasteiger partial charge on any atom is -0.444 e. The Bertz CT molecular complexity index is 256. The number of hydrogen-bond acceptors (Lipinski definition) is 3. The molecular formula is C13H25NO3. The van der Waals surface area contributed by atoms with Crippen LogP contribution in [0.3, 0.4) is 0 Å². The number of nitrogens with zero attached hydrogens (tertiary/aromatic N) is 1. The van der Waals surface area contributed by atoms with Crippen LogP contribution in [0.25, 0.3) is 0 Å². The largest absolute Gasteiger partial charge is 0.444 e. The third-order valence-electron chi connectivity index (χ3n) is 2.34. The van der Waals surface area contributed by atoms with Crippen LogP contribution < -0.4 is 0 Å². The molecule has 0 aliphatic rings. The summed E-state index contributed by atoms with van der Waals surface area (Å²) in [5, 5.41) is 0. The number of carbonyl (C=O) groups is 2. The lowest BCUT2D eigenvalue weighted by atomic mass is 10.0. The molecule has 0 aliphatic carbocycles. The van der Waals surface area contributed by atoms with Crippen LogP contribution in [0.2, 0.25) is 0 Å². The SMILES string of the molecule is CC(C)CC(CC=O)N(C)C(=O)OC(C)(C)C. The second-order valence-corrected chi connectivity index (χ2v) is 5.78. The number of hydrogen-bond donors (Lipinski definition) is 0. The van der Waals surface area contributed by atoms with Crippen LogP contribution in [0.4, 0.5) is 4.79 Å². The molecule has 1 atom stereocenters. The zero-order chi connectivity index (χ0) is 13.6. The summed E-state index contributed by atoms with van der Waals surface area (Å²) in [6.07, 6.45) is 1.64. The van der Waals surface area contributed by atoms with E-state index in [1.807, 2.05) is 20.8 Å². The molecule has 0 N–H and O–H groups in total. The summed E-state index contributed by atoms with van der Waals surface area (Å²) in [6.45, 7) is 9.63. The van der Waals surface area contributed by atoms with E-state index in [0.717, 1.165) is 12.7 Å². The van der Waals surface area contributed by atoms with Gasteiger partial charge >= 0.3 is 6.09 Å². The molecule has 0 aromatic heterocycles. The molecular weight excluding hydrogens is 218 g/mol. The van der Waals surface area contributed by atoms with E-state index < -0.39 is 5.60 Å². The van der Waals surface area contributed by atoms with Crippen LogP contribution in [-0.4, -0.2) is 36.0 Å². The second-order valence-electron chi connectivity index (χ2n) is 5.78. The van der Waals surface area contributed by atoms with Crippen molar-refractivity contribution in [2.45, 2.75) is 59.1 Å². The van der Waals surface area contributed by atoms with E-state index in [1.165, 1.54) is 4.90 Å². The maximum atomic E-state index is 11.8. The minimum absolute atomic E-state index is 0.0812. The molecule has 0 fully saturated rings. The molecule has 4 nitrogen and oxygen atoms in total. The predicted octanol–water partition coefficient (Wildman–Crippen LogP) is 2.86. The van der Waals surface area contributed by atoms with Crippen molar-refractivity contribution in [3.63, 3.8) is 0 Å². The third-order valence-corrected chi connectivity index (χ3v) is 2.34. The Labute approximate surface area is 104 Å². The maximum Gasteiger partial charge on any atom is 0.410 e. The summed E-state index contributed by atoms with van der Waals surface area (Å²) in [5.74, 6) is 0.435. The van der Waals surface area contributed by atoms with Gasteiger partial charge in [0, 0.05) is 19.5 Å². The van der Waals surface area contributed by atoms with Crippen LogP contribution in [0.5, 0.6) is 0 Å². The Morgan fingerprint density at radius 2 is 1.88 bits per heavy atom. The summed E-state index contributed by atoms with van der Waals surface area (Å²) in [5.41, 5.74) is -0.505. The fourth-order valence-electron chi connectivity index (χ4n) is 1.55. The highest BCUT2D eigenvalue weighted by atomic mass is 16.6. The lowest BCUT2D eigenvalue weighted by Gasteiger charge is -2.30. The van der Waals surface area contributed by atoms with Crippen molar-refractivity contribution < 1.29 is 14.3 Å². The standard InChI is InChI=1S/C13H25NO3/c1-10(2)9-11(7-8-15)14(6)12(16)17-13(3,4)5/h8,10-11H,7,9H2,1-6H3. The van der Waals surface area contributed by atoms with Gasteiger partial charge in [-0.05, 0) is 33.1 Å². The van der Waals surface area contributed by atoms with Gasteiger partial charge in [0.05, 0.1) is 0 Å². The summed E-state index contributed by atoms with van der Waals surface area (Å²) < 4.78 is 5.28. The highest BCUT2D eigenvalue weighted by Gasteiger charge is 2.25. The van der Waals surface area contributed by atoms with Crippen molar-refractivity contribution in [2.75, 3.05) is 7.05 Å². The summed E-state index contributed by atoms with van der Waals surface area (Å²) in [6, 6.07) is -0.0812. The van der Waals surface area contributed by atoms with Crippen molar-refractivity contribution in [1.82, 2.24) is 4.90 Å². The fourth-order valence-corrected chi connectivity index (χ4v) is 1.55. The molecule has 0 heterocycles. The van der Waals surface area contributed by atoms with Gasteiger partial charge in [0.1, 0.15) is 11.9 Å². The first kappa shape index (κ1) is 15.9. The molecule has 0 aliphatic heterocycles. The molecule has 0 saturated carbocycles. The third kappa shape index (κ3) is 6.97. The van der Waals surface area contributed by atoms with Gasteiger partial charge in [0.15, 0.2) is 0 Å². The van der Waals surface area contributed by atoms with Gasteiger partial charge in [-0.15, -0.1) is 0 Å². The van der Waals surface area contributed by atoms with Crippen LogP contribution in [-0.2, 0) is 9.53 Å². The first-order chi connectivity index (χ1) is 7.67. The number of ether oxygens (including phenoxy) is 1. The lowest BCUT2D eigenvalue weighted by Crippen LogP contribution is -2.41. The normalized spacial score (nSPS) is 13.4. The summed E-state index contributed by atoms with van der Waals surface area (Å²) in [4.78, 5) is 24.0. The highest BCUT2D eigenvalue weighted by Crippen LogP contribution is 2.16. The molecule has 100 valence electrons. The van der Waals surface area contributed by atoms with Gasteiger partial charge in [-0.1, -0.05) is 13.8 Å². The average Bonchev–Trinajstić information content (AvgIpc) is 2.12. The van der Waals surface area contributed by atoms with Crippen LogP contribution in [0, 0.1) is 5.92 Å². The number of carbonyl (C=O) groups excluding carboxylic acids is 2. The van der Waals surface area contributed by atoms with Gasteiger partial charge in [-0.25, -0.2) is 4.79 Å². The van der Waals surface area contributed by atoms with Gasteiger partial charge < -0.3 is 14.4 Å². The van der Waals surface area contributed by atoms with Crippen molar-refractivity contribution in [3.05, 3.63) is 0 Å².